The number of likely N-dealkylation sites (N-methyl/N-ethyl adjacent to an activating group) is 1. The van der Waals surface area contributed by atoms with Crippen molar-refractivity contribution in [2.24, 2.45) is 0 Å². The van der Waals surface area contributed by atoms with Gasteiger partial charge in [0.05, 0.1) is 16.8 Å². The lowest BCUT2D eigenvalue weighted by atomic mass is 10.3. The second kappa shape index (κ2) is 11.4. The molecule has 2 aromatic carbocycles. The summed E-state index contributed by atoms with van der Waals surface area (Å²) in [6.45, 7) is 1.31. The first kappa shape index (κ1) is 24.1. The van der Waals surface area contributed by atoms with Gasteiger partial charge in [0.25, 0.3) is 0 Å². The number of fused-ring (bicyclic) bond motifs is 1. The maximum absolute atomic E-state index is 13.1. The fourth-order valence-electron chi connectivity index (χ4n) is 2.93. The molecular formula is C22H25Cl2N3O2S2. The molecule has 0 saturated heterocycles. The van der Waals surface area contributed by atoms with Crippen LogP contribution >= 0.6 is 46.3 Å². The Hall–Kier alpha value is -1.51. The number of thiazole rings is 1. The van der Waals surface area contributed by atoms with Crippen molar-refractivity contribution >= 4 is 67.6 Å². The highest BCUT2D eigenvalue weighted by molar-refractivity contribution is 7.99. The third kappa shape index (κ3) is 6.49. The summed E-state index contributed by atoms with van der Waals surface area (Å²) in [5.41, 5.74) is 0.691. The Morgan fingerprint density at radius 3 is 2.55 bits per heavy atom. The van der Waals surface area contributed by atoms with Gasteiger partial charge in [0.2, 0.25) is 5.91 Å². The van der Waals surface area contributed by atoms with Gasteiger partial charge in [0, 0.05) is 29.4 Å². The lowest BCUT2D eigenvalue weighted by molar-refractivity contribution is -0.118. The number of hydrogen-bond donors (Lipinski definition) is 0. The number of methoxy groups -OCH3 is 1. The number of amides is 1. The van der Waals surface area contributed by atoms with Gasteiger partial charge in [-0.25, -0.2) is 4.98 Å². The maximum Gasteiger partial charge on any atom is 0.228 e. The molecule has 0 N–H and O–H groups in total. The molecule has 9 heteroatoms. The molecule has 0 radical (unpaired) electrons. The number of halogens is 2. The summed E-state index contributed by atoms with van der Waals surface area (Å²) in [5.74, 6) is 1.57. The van der Waals surface area contributed by atoms with E-state index in [2.05, 4.69) is 4.90 Å². The number of ether oxygens (including phenoxy) is 1. The quantitative estimate of drug-likeness (QED) is 0.251. The highest BCUT2D eigenvalue weighted by Crippen LogP contribution is 2.38. The van der Waals surface area contributed by atoms with Crippen LogP contribution in [0.4, 0.5) is 5.13 Å². The first-order valence-electron chi connectivity index (χ1n) is 9.85. The Bertz CT molecular complexity index is 1030. The molecule has 5 nitrogen and oxygen atoms in total. The molecule has 0 bridgehead atoms. The molecule has 31 heavy (non-hydrogen) atoms. The summed E-state index contributed by atoms with van der Waals surface area (Å²) in [4.78, 5) is 22.8. The lowest BCUT2D eigenvalue weighted by Crippen LogP contribution is -2.36. The van der Waals surface area contributed by atoms with E-state index in [0.29, 0.717) is 34.4 Å². The van der Waals surface area contributed by atoms with E-state index >= 15 is 0 Å². The van der Waals surface area contributed by atoms with Crippen molar-refractivity contribution in [3.8, 4) is 5.75 Å². The Balaban J connectivity index is 1.71. The number of benzene rings is 2. The summed E-state index contributed by atoms with van der Waals surface area (Å²) in [6, 6.07) is 11.3. The number of carbonyl (C=O) groups is 1. The van der Waals surface area contributed by atoms with Gasteiger partial charge in [0.15, 0.2) is 5.13 Å². The van der Waals surface area contributed by atoms with Crippen LogP contribution in [0.1, 0.15) is 12.8 Å². The zero-order valence-corrected chi connectivity index (χ0v) is 20.9. The van der Waals surface area contributed by atoms with Gasteiger partial charge in [-0.3, -0.25) is 9.69 Å². The molecule has 1 amide bonds. The zero-order valence-electron chi connectivity index (χ0n) is 17.7. The molecule has 0 aliphatic carbocycles. The number of anilines is 1. The average molecular weight is 499 g/mol. The van der Waals surface area contributed by atoms with Crippen molar-refractivity contribution in [3.05, 3.63) is 46.4 Å². The van der Waals surface area contributed by atoms with Crippen LogP contribution < -0.4 is 9.64 Å². The van der Waals surface area contributed by atoms with Crippen molar-refractivity contribution < 1.29 is 9.53 Å². The van der Waals surface area contributed by atoms with Crippen molar-refractivity contribution in [2.75, 3.05) is 44.9 Å². The van der Waals surface area contributed by atoms with E-state index in [1.54, 1.807) is 35.9 Å². The van der Waals surface area contributed by atoms with Gasteiger partial charge in [-0.1, -0.05) is 34.5 Å². The largest absolute Gasteiger partial charge is 0.494 e. The Labute approximate surface area is 201 Å². The van der Waals surface area contributed by atoms with Crippen LogP contribution in [0.2, 0.25) is 10.0 Å². The fraction of sp³-hybridized carbons (Fsp3) is 0.364. The molecule has 166 valence electrons. The number of aromatic nitrogens is 1. The Morgan fingerprint density at radius 2 is 1.87 bits per heavy atom. The molecule has 1 aromatic heterocycles. The summed E-state index contributed by atoms with van der Waals surface area (Å²) >= 11 is 15.5. The predicted octanol–water partition coefficient (Wildman–Crippen LogP) is 6.08. The predicted molar refractivity (Wildman–Crippen MR) is 133 cm³/mol. The van der Waals surface area contributed by atoms with Gasteiger partial charge in [-0.05, 0) is 62.7 Å². The standard InChI is InChI=1S/C22H25Cl2N3O2S2/c1-26(2)12-13-27(19(28)5-4-14-30-16-8-6-15(23)7-9-16)22-25-20-18(29-3)11-10-17(24)21(20)31-22/h6-11H,4-5,12-14H2,1-3H3. The first-order chi connectivity index (χ1) is 14.9. The minimum Gasteiger partial charge on any atom is -0.494 e. The molecule has 3 aromatic rings. The van der Waals surface area contributed by atoms with E-state index < -0.39 is 0 Å². The third-order valence-corrected chi connectivity index (χ3v) is 7.48. The molecule has 0 fully saturated rings. The fourth-order valence-corrected chi connectivity index (χ4v) is 5.21. The minimum atomic E-state index is 0.0627. The van der Waals surface area contributed by atoms with Crippen molar-refractivity contribution in [3.63, 3.8) is 0 Å². The second-order valence-corrected chi connectivity index (χ2v) is 10.2. The molecule has 0 saturated carbocycles. The second-order valence-electron chi connectivity index (χ2n) is 7.18. The minimum absolute atomic E-state index is 0.0627. The maximum atomic E-state index is 13.1. The Morgan fingerprint density at radius 1 is 1.13 bits per heavy atom. The van der Waals surface area contributed by atoms with Crippen LogP contribution in [0, 0.1) is 0 Å². The topological polar surface area (TPSA) is 45.7 Å². The van der Waals surface area contributed by atoms with E-state index in [9.17, 15) is 4.79 Å². The van der Waals surface area contributed by atoms with Crippen LogP contribution in [-0.4, -0.2) is 55.8 Å². The monoisotopic (exact) mass is 497 g/mol. The van der Waals surface area contributed by atoms with Crippen LogP contribution in [-0.2, 0) is 4.79 Å². The van der Waals surface area contributed by atoms with Crippen molar-refractivity contribution in [2.45, 2.75) is 17.7 Å². The summed E-state index contributed by atoms with van der Waals surface area (Å²) in [7, 11) is 5.59. The highest BCUT2D eigenvalue weighted by atomic mass is 35.5. The molecule has 1 heterocycles. The summed E-state index contributed by atoms with van der Waals surface area (Å²) in [6.07, 6.45) is 1.23. The molecule has 0 atom stereocenters. The van der Waals surface area contributed by atoms with Gasteiger partial charge < -0.3 is 9.64 Å². The van der Waals surface area contributed by atoms with Crippen LogP contribution in [0.5, 0.6) is 5.75 Å². The Kier molecular flexibility index (Phi) is 8.86. The smallest absolute Gasteiger partial charge is 0.228 e. The van der Waals surface area contributed by atoms with Crippen molar-refractivity contribution in [1.82, 2.24) is 9.88 Å². The van der Waals surface area contributed by atoms with E-state index in [1.165, 1.54) is 11.3 Å². The van der Waals surface area contributed by atoms with Crippen LogP contribution in [0.15, 0.2) is 41.3 Å². The molecule has 0 aliphatic heterocycles. The van der Waals surface area contributed by atoms with Gasteiger partial charge in [-0.15, -0.1) is 11.8 Å². The molecular weight excluding hydrogens is 473 g/mol. The molecule has 0 unspecified atom stereocenters. The number of carbonyl (C=O) groups excluding carboxylic acids is 1. The zero-order chi connectivity index (χ0) is 22.4. The van der Waals surface area contributed by atoms with E-state index in [4.69, 9.17) is 32.9 Å². The van der Waals surface area contributed by atoms with Crippen molar-refractivity contribution in [1.29, 1.82) is 0 Å². The molecule has 0 spiro atoms. The van der Waals surface area contributed by atoms with Gasteiger partial charge in [-0.2, -0.15) is 0 Å². The first-order valence-corrected chi connectivity index (χ1v) is 12.4. The lowest BCUT2D eigenvalue weighted by Gasteiger charge is -2.22. The number of hydrogen-bond acceptors (Lipinski definition) is 6. The SMILES string of the molecule is COc1ccc(Cl)c2sc(N(CCN(C)C)C(=O)CCCSc3ccc(Cl)cc3)nc12. The summed E-state index contributed by atoms with van der Waals surface area (Å²) < 4.78 is 6.26. The van der Waals surface area contributed by atoms with Gasteiger partial charge >= 0.3 is 0 Å². The van der Waals surface area contributed by atoms with E-state index in [0.717, 1.165) is 33.3 Å². The van der Waals surface area contributed by atoms with E-state index in [-0.39, 0.29) is 5.91 Å². The third-order valence-electron chi connectivity index (χ3n) is 4.59. The van der Waals surface area contributed by atoms with E-state index in [1.807, 2.05) is 38.4 Å². The van der Waals surface area contributed by atoms with Crippen LogP contribution in [0.25, 0.3) is 10.2 Å². The van der Waals surface area contributed by atoms with Gasteiger partial charge in [0.1, 0.15) is 11.3 Å². The molecule has 0 aliphatic rings. The number of thioether (sulfide) groups is 1. The average Bonchev–Trinajstić information content (AvgIpc) is 3.19. The normalized spacial score (nSPS) is 11.3. The number of nitrogens with zero attached hydrogens (tertiary/aromatic N) is 3. The molecule has 3 rings (SSSR count). The summed E-state index contributed by atoms with van der Waals surface area (Å²) in [5, 5.41) is 1.99. The number of rotatable bonds is 10. The van der Waals surface area contributed by atoms with Crippen LogP contribution in [0.3, 0.4) is 0 Å². The highest BCUT2D eigenvalue weighted by Gasteiger charge is 2.21.